The van der Waals surface area contributed by atoms with Crippen LogP contribution >= 0.6 is 23.2 Å². The standard InChI is InChI=1S/C23H16Cl2N2O2/c24-20-11-10-16(12-21(20)25)15-29-22-9-5-4-6-17(22)13-18(14-26)23(28)27-19-7-2-1-3-8-19/h1-13H,15H2,(H,27,28)/b18-13+. The van der Waals surface area contributed by atoms with Crippen LogP contribution in [0.2, 0.25) is 10.0 Å². The van der Waals surface area contributed by atoms with Crippen LogP contribution in [0.4, 0.5) is 5.69 Å². The molecular weight excluding hydrogens is 407 g/mol. The first-order valence-electron chi connectivity index (χ1n) is 8.71. The number of ether oxygens (including phenoxy) is 1. The monoisotopic (exact) mass is 422 g/mol. The zero-order chi connectivity index (χ0) is 20.6. The Morgan fingerprint density at radius 3 is 2.45 bits per heavy atom. The number of carbonyl (C=O) groups is 1. The molecule has 0 spiro atoms. The molecule has 0 fully saturated rings. The normalized spacial score (nSPS) is 10.9. The predicted molar refractivity (Wildman–Crippen MR) is 116 cm³/mol. The highest BCUT2D eigenvalue weighted by Gasteiger charge is 2.11. The summed E-state index contributed by atoms with van der Waals surface area (Å²) in [6.07, 6.45) is 1.50. The maximum Gasteiger partial charge on any atom is 0.266 e. The number of nitriles is 1. The molecule has 0 saturated carbocycles. The third-order valence-corrected chi connectivity index (χ3v) is 4.73. The summed E-state index contributed by atoms with van der Waals surface area (Å²) in [4.78, 5) is 12.4. The van der Waals surface area contributed by atoms with Gasteiger partial charge in [-0.3, -0.25) is 4.79 Å². The van der Waals surface area contributed by atoms with Gasteiger partial charge in [0.05, 0.1) is 10.0 Å². The highest BCUT2D eigenvalue weighted by atomic mass is 35.5. The minimum atomic E-state index is -0.488. The highest BCUT2D eigenvalue weighted by molar-refractivity contribution is 6.42. The Hall–Kier alpha value is -3.26. The average Bonchev–Trinajstić information content (AvgIpc) is 2.74. The quantitative estimate of drug-likeness (QED) is 0.384. The molecule has 0 aliphatic rings. The van der Waals surface area contributed by atoms with E-state index in [0.29, 0.717) is 27.0 Å². The number of rotatable bonds is 6. The van der Waals surface area contributed by atoms with Gasteiger partial charge in [-0.1, -0.05) is 65.7 Å². The summed E-state index contributed by atoms with van der Waals surface area (Å²) in [5.74, 6) is 0.0526. The van der Waals surface area contributed by atoms with Crippen LogP contribution in [0.3, 0.4) is 0 Å². The SMILES string of the molecule is N#C/C(=C\c1ccccc1OCc1ccc(Cl)c(Cl)c1)C(=O)Nc1ccccc1. The molecule has 0 radical (unpaired) electrons. The van der Waals surface area contributed by atoms with Crippen LogP contribution in [0.1, 0.15) is 11.1 Å². The number of hydrogen-bond acceptors (Lipinski definition) is 3. The van der Waals surface area contributed by atoms with E-state index in [9.17, 15) is 10.1 Å². The van der Waals surface area contributed by atoms with Crippen LogP contribution in [0.25, 0.3) is 6.08 Å². The molecular formula is C23H16Cl2N2O2. The molecule has 1 amide bonds. The summed E-state index contributed by atoms with van der Waals surface area (Å²) in [6, 6.07) is 23.3. The summed E-state index contributed by atoms with van der Waals surface area (Å²) >= 11 is 12.0. The van der Waals surface area contributed by atoms with Gasteiger partial charge in [0.1, 0.15) is 24.0 Å². The highest BCUT2D eigenvalue weighted by Crippen LogP contribution is 2.25. The average molecular weight is 423 g/mol. The molecule has 3 rings (SSSR count). The first-order valence-corrected chi connectivity index (χ1v) is 9.46. The van der Waals surface area contributed by atoms with Gasteiger partial charge in [0, 0.05) is 11.3 Å². The second-order valence-corrected chi connectivity index (χ2v) is 6.88. The number of para-hydroxylation sites is 2. The molecule has 3 aromatic rings. The van der Waals surface area contributed by atoms with Gasteiger partial charge >= 0.3 is 0 Å². The molecule has 0 aromatic heterocycles. The van der Waals surface area contributed by atoms with Crippen molar-refractivity contribution in [3.63, 3.8) is 0 Å². The van der Waals surface area contributed by atoms with Crippen molar-refractivity contribution in [2.45, 2.75) is 6.61 Å². The van der Waals surface area contributed by atoms with Crippen LogP contribution in [-0.2, 0) is 11.4 Å². The second-order valence-electron chi connectivity index (χ2n) is 6.06. The van der Waals surface area contributed by atoms with Crippen molar-refractivity contribution in [1.29, 1.82) is 5.26 Å². The van der Waals surface area contributed by atoms with Gasteiger partial charge < -0.3 is 10.1 Å². The molecule has 6 heteroatoms. The van der Waals surface area contributed by atoms with Gasteiger partial charge in [-0.2, -0.15) is 5.26 Å². The maximum atomic E-state index is 12.4. The molecule has 0 aliphatic heterocycles. The Morgan fingerprint density at radius 1 is 1.00 bits per heavy atom. The molecule has 0 unspecified atom stereocenters. The van der Waals surface area contributed by atoms with E-state index in [-0.39, 0.29) is 12.2 Å². The van der Waals surface area contributed by atoms with Gasteiger partial charge in [0.15, 0.2) is 0 Å². The van der Waals surface area contributed by atoms with Crippen LogP contribution < -0.4 is 10.1 Å². The summed E-state index contributed by atoms with van der Waals surface area (Å²) in [5, 5.41) is 13.1. The summed E-state index contributed by atoms with van der Waals surface area (Å²) in [5.41, 5.74) is 2.05. The number of nitrogens with zero attached hydrogens (tertiary/aromatic N) is 1. The fourth-order valence-corrected chi connectivity index (χ4v) is 2.87. The van der Waals surface area contributed by atoms with E-state index in [0.717, 1.165) is 5.56 Å². The Kier molecular flexibility index (Phi) is 6.91. The molecule has 3 aromatic carbocycles. The van der Waals surface area contributed by atoms with Crippen molar-refractivity contribution >= 4 is 40.9 Å². The molecule has 0 atom stereocenters. The minimum Gasteiger partial charge on any atom is -0.488 e. The molecule has 4 nitrogen and oxygen atoms in total. The Bertz CT molecular complexity index is 1090. The lowest BCUT2D eigenvalue weighted by Gasteiger charge is -2.10. The van der Waals surface area contributed by atoms with E-state index >= 15 is 0 Å². The van der Waals surface area contributed by atoms with Crippen molar-refractivity contribution < 1.29 is 9.53 Å². The second kappa shape index (κ2) is 9.79. The minimum absolute atomic E-state index is 0.0283. The van der Waals surface area contributed by atoms with Crippen LogP contribution in [0, 0.1) is 11.3 Å². The Balaban J connectivity index is 1.78. The lowest BCUT2D eigenvalue weighted by atomic mass is 10.1. The van der Waals surface area contributed by atoms with Crippen LogP contribution in [0.5, 0.6) is 5.75 Å². The van der Waals surface area contributed by atoms with Crippen molar-refractivity contribution in [3.05, 3.63) is 99.5 Å². The molecule has 144 valence electrons. The number of carbonyl (C=O) groups excluding carboxylic acids is 1. The third kappa shape index (κ3) is 5.61. The van der Waals surface area contributed by atoms with E-state index in [1.54, 1.807) is 48.5 Å². The third-order valence-electron chi connectivity index (χ3n) is 3.99. The fraction of sp³-hybridized carbons (Fsp3) is 0.0435. The van der Waals surface area contributed by atoms with Gasteiger partial charge in [0.2, 0.25) is 0 Å². The Labute approximate surface area is 179 Å². The molecule has 0 saturated heterocycles. The zero-order valence-corrected chi connectivity index (χ0v) is 16.7. The topological polar surface area (TPSA) is 62.1 Å². The van der Waals surface area contributed by atoms with Crippen molar-refractivity contribution in [3.8, 4) is 11.8 Å². The van der Waals surface area contributed by atoms with Crippen LogP contribution in [0.15, 0.2) is 78.4 Å². The van der Waals surface area contributed by atoms with Gasteiger partial charge in [-0.15, -0.1) is 0 Å². The zero-order valence-electron chi connectivity index (χ0n) is 15.2. The van der Waals surface area contributed by atoms with E-state index in [1.165, 1.54) is 6.08 Å². The molecule has 0 bridgehead atoms. The molecule has 0 heterocycles. The molecule has 29 heavy (non-hydrogen) atoms. The van der Waals surface area contributed by atoms with E-state index < -0.39 is 5.91 Å². The molecule has 0 aliphatic carbocycles. The number of benzene rings is 3. The van der Waals surface area contributed by atoms with E-state index in [2.05, 4.69) is 5.32 Å². The Morgan fingerprint density at radius 2 is 1.72 bits per heavy atom. The molecule has 1 N–H and O–H groups in total. The van der Waals surface area contributed by atoms with Crippen molar-refractivity contribution in [2.24, 2.45) is 0 Å². The van der Waals surface area contributed by atoms with Crippen molar-refractivity contribution in [1.82, 2.24) is 0 Å². The van der Waals surface area contributed by atoms with Gasteiger partial charge in [0.25, 0.3) is 5.91 Å². The van der Waals surface area contributed by atoms with Crippen molar-refractivity contribution in [2.75, 3.05) is 5.32 Å². The van der Waals surface area contributed by atoms with Crippen LogP contribution in [-0.4, -0.2) is 5.91 Å². The number of amides is 1. The van der Waals surface area contributed by atoms with E-state index in [4.69, 9.17) is 27.9 Å². The number of nitrogens with one attached hydrogen (secondary N) is 1. The summed E-state index contributed by atoms with van der Waals surface area (Å²) < 4.78 is 5.87. The fourth-order valence-electron chi connectivity index (χ4n) is 2.55. The number of hydrogen-bond donors (Lipinski definition) is 1. The smallest absolute Gasteiger partial charge is 0.266 e. The largest absolute Gasteiger partial charge is 0.488 e. The van der Waals surface area contributed by atoms with E-state index in [1.807, 2.05) is 30.3 Å². The number of anilines is 1. The maximum absolute atomic E-state index is 12.4. The first-order chi connectivity index (χ1) is 14.1. The lowest BCUT2D eigenvalue weighted by molar-refractivity contribution is -0.112. The van der Waals surface area contributed by atoms with Gasteiger partial charge in [-0.25, -0.2) is 0 Å². The predicted octanol–water partition coefficient (Wildman–Crippen LogP) is 6.12. The summed E-state index contributed by atoms with van der Waals surface area (Å²) in [7, 11) is 0. The van der Waals surface area contributed by atoms with Gasteiger partial charge in [-0.05, 0) is 42.0 Å². The summed E-state index contributed by atoms with van der Waals surface area (Å²) in [6.45, 7) is 0.264. The lowest BCUT2D eigenvalue weighted by Crippen LogP contribution is -2.13. The first kappa shape index (κ1) is 20.5. The number of halogens is 2.